The molecule has 0 bridgehead atoms. The fourth-order valence-electron chi connectivity index (χ4n) is 2.10. The maximum absolute atomic E-state index is 5.63. The van der Waals surface area contributed by atoms with Gasteiger partial charge in [0.25, 0.3) is 0 Å². The summed E-state index contributed by atoms with van der Waals surface area (Å²) in [4.78, 5) is 4.30. The second kappa shape index (κ2) is 4.60. The molecule has 0 saturated carbocycles. The summed E-state index contributed by atoms with van der Waals surface area (Å²) in [6.07, 6.45) is 5.12. The van der Waals surface area contributed by atoms with Crippen LogP contribution in [0.25, 0.3) is 10.9 Å². The average molecular weight is 239 g/mol. The summed E-state index contributed by atoms with van der Waals surface area (Å²) < 4.78 is 5.10. The smallest absolute Gasteiger partial charge is 0.0954 e. The van der Waals surface area contributed by atoms with Gasteiger partial charge in [-0.3, -0.25) is 10.8 Å². The van der Waals surface area contributed by atoms with Gasteiger partial charge in [0.1, 0.15) is 0 Å². The molecule has 0 aliphatic carbocycles. The number of fused-ring (bicyclic) bond motifs is 1. The van der Waals surface area contributed by atoms with Crippen molar-refractivity contribution in [3.8, 4) is 0 Å². The van der Waals surface area contributed by atoms with Crippen LogP contribution < -0.4 is 11.3 Å². The van der Waals surface area contributed by atoms with Crippen LogP contribution in [-0.4, -0.2) is 4.98 Å². The fourth-order valence-corrected chi connectivity index (χ4v) is 2.10. The SMILES string of the molecule is NNC(c1ccoc1)c1ccc2ncccc2c1. The van der Waals surface area contributed by atoms with E-state index in [9.17, 15) is 0 Å². The number of nitrogens with two attached hydrogens (primary N) is 1. The van der Waals surface area contributed by atoms with E-state index in [4.69, 9.17) is 10.3 Å². The highest BCUT2D eigenvalue weighted by Crippen LogP contribution is 2.24. The molecule has 4 nitrogen and oxygen atoms in total. The van der Waals surface area contributed by atoms with Crippen molar-refractivity contribution < 1.29 is 4.42 Å². The lowest BCUT2D eigenvalue weighted by atomic mass is 10.00. The van der Waals surface area contributed by atoms with E-state index in [-0.39, 0.29) is 6.04 Å². The molecule has 18 heavy (non-hydrogen) atoms. The monoisotopic (exact) mass is 239 g/mol. The number of hydrogen-bond acceptors (Lipinski definition) is 4. The van der Waals surface area contributed by atoms with E-state index in [1.807, 2.05) is 30.3 Å². The Bertz CT molecular complexity index is 649. The molecule has 0 aliphatic heterocycles. The zero-order chi connectivity index (χ0) is 12.4. The zero-order valence-corrected chi connectivity index (χ0v) is 9.71. The maximum atomic E-state index is 5.63. The first-order valence-electron chi connectivity index (χ1n) is 5.71. The molecular weight excluding hydrogens is 226 g/mol. The highest BCUT2D eigenvalue weighted by atomic mass is 16.3. The topological polar surface area (TPSA) is 64.1 Å². The van der Waals surface area contributed by atoms with Crippen molar-refractivity contribution in [2.75, 3.05) is 0 Å². The van der Waals surface area contributed by atoms with Crippen molar-refractivity contribution in [2.45, 2.75) is 6.04 Å². The van der Waals surface area contributed by atoms with Crippen molar-refractivity contribution >= 4 is 10.9 Å². The molecule has 4 heteroatoms. The number of nitrogens with one attached hydrogen (secondary N) is 1. The van der Waals surface area contributed by atoms with Crippen molar-refractivity contribution in [2.24, 2.45) is 5.84 Å². The summed E-state index contributed by atoms with van der Waals surface area (Å²) in [6, 6.07) is 11.9. The highest BCUT2D eigenvalue weighted by Gasteiger charge is 2.13. The van der Waals surface area contributed by atoms with Crippen LogP contribution in [0.15, 0.2) is 59.5 Å². The van der Waals surface area contributed by atoms with Crippen LogP contribution in [0.5, 0.6) is 0 Å². The van der Waals surface area contributed by atoms with Crippen molar-refractivity contribution in [3.05, 3.63) is 66.2 Å². The second-order valence-electron chi connectivity index (χ2n) is 4.11. The molecule has 0 fully saturated rings. The van der Waals surface area contributed by atoms with Crippen molar-refractivity contribution in [1.29, 1.82) is 0 Å². The Kier molecular flexibility index (Phi) is 2.80. The third-order valence-corrected chi connectivity index (χ3v) is 3.00. The summed E-state index contributed by atoms with van der Waals surface area (Å²) in [5, 5.41) is 1.10. The van der Waals surface area contributed by atoms with E-state index in [0.29, 0.717) is 0 Å². The van der Waals surface area contributed by atoms with Gasteiger partial charge in [0.2, 0.25) is 0 Å². The molecular formula is C14H13N3O. The first-order valence-corrected chi connectivity index (χ1v) is 5.71. The van der Waals surface area contributed by atoms with Crippen LogP contribution in [-0.2, 0) is 0 Å². The molecule has 2 heterocycles. The number of nitrogens with zero attached hydrogens (tertiary/aromatic N) is 1. The van der Waals surface area contributed by atoms with E-state index >= 15 is 0 Å². The van der Waals surface area contributed by atoms with Gasteiger partial charge in [-0.15, -0.1) is 0 Å². The Hall–Kier alpha value is -2.17. The van der Waals surface area contributed by atoms with Crippen molar-refractivity contribution in [3.63, 3.8) is 0 Å². The van der Waals surface area contributed by atoms with Crippen LogP contribution in [0.3, 0.4) is 0 Å². The van der Waals surface area contributed by atoms with Gasteiger partial charge in [0, 0.05) is 17.1 Å². The number of pyridine rings is 1. The Morgan fingerprint density at radius 1 is 1.17 bits per heavy atom. The Morgan fingerprint density at radius 2 is 2.11 bits per heavy atom. The summed E-state index contributed by atoms with van der Waals surface area (Å²) in [7, 11) is 0. The molecule has 3 aromatic rings. The summed E-state index contributed by atoms with van der Waals surface area (Å²) >= 11 is 0. The van der Waals surface area contributed by atoms with E-state index in [1.165, 1.54) is 0 Å². The van der Waals surface area contributed by atoms with Gasteiger partial charge < -0.3 is 4.42 Å². The third kappa shape index (κ3) is 1.88. The van der Waals surface area contributed by atoms with Crippen LogP contribution in [0.1, 0.15) is 17.2 Å². The molecule has 1 unspecified atom stereocenters. The van der Waals surface area contributed by atoms with E-state index in [0.717, 1.165) is 22.0 Å². The van der Waals surface area contributed by atoms with Gasteiger partial charge in [0.05, 0.1) is 24.1 Å². The normalized spacial score (nSPS) is 12.7. The number of aromatic nitrogens is 1. The number of hydrazine groups is 1. The standard InChI is InChI=1S/C14H13N3O/c15-17-14(12-5-7-18-9-12)11-3-4-13-10(8-11)2-1-6-16-13/h1-9,14,17H,15H2. The van der Waals surface area contributed by atoms with Gasteiger partial charge in [-0.05, 0) is 29.8 Å². The fraction of sp³-hybridized carbons (Fsp3) is 0.0714. The Labute approximate surface area is 104 Å². The van der Waals surface area contributed by atoms with Gasteiger partial charge in [-0.25, -0.2) is 5.43 Å². The third-order valence-electron chi connectivity index (χ3n) is 3.00. The van der Waals surface area contributed by atoms with Crippen LogP contribution >= 0.6 is 0 Å². The second-order valence-corrected chi connectivity index (χ2v) is 4.11. The molecule has 90 valence electrons. The first kappa shape index (κ1) is 11.0. The Balaban J connectivity index is 2.07. The Morgan fingerprint density at radius 3 is 2.89 bits per heavy atom. The zero-order valence-electron chi connectivity index (χ0n) is 9.71. The lowest BCUT2D eigenvalue weighted by molar-refractivity contribution is 0.553. The minimum atomic E-state index is -0.0756. The molecule has 0 amide bonds. The summed E-state index contributed by atoms with van der Waals surface area (Å²) in [5.41, 5.74) is 5.86. The minimum absolute atomic E-state index is 0.0756. The summed E-state index contributed by atoms with van der Waals surface area (Å²) in [6.45, 7) is 0. The maximum Gasteiger partial charge on any atom is 0.0954 e. The number of benzene rings is 1. The molecule has 1 atom stereocenters. The molecule has 2 aromatic heterocycles. The molecule has 3 N–H and O–H groups in total. The lowest BCUT2D eigenvalue weighted by Crippen LogP contribution is -2.28. The van der Waals surface area contributed by atoms with Crippen LogP contribution in [0.2, 0.25) is 0 Å². The molecule has 0 aliphatic rings. The average Bonchev–Trinajstić information content (AvgIpc) is 2.93. The molecule has 0 saturated heterocycles. The van der Waals surface area contributed by atoms with Crippen molar-refractivity contribution in [1.82, 2.24) is 10.4 Å². The van der Waals surface area contributed by atoms with E-state index in [2.05, 4.69) is 16.5 Å². The molecule has 0 spiro atoms. The molecule has 1 aromatic carbocycles. The van der Waals surface area contributed by atoms with Gasteiger partial charge >= 0.3 is 0 Å². The highest BCUT2D eigenvalue weighted by molar-refractivity contribution is 5.79. The number of hydrogen-bond donors (Lipinski definition) is 2. The van der Waals surface area contributed by atoms with E-state index < -0.39 is 0 Å². The van der Waals surface area contributed by atoms with Crippen LogP contribution in [0.4, 0.5) is 0 Å². The van der Waals surface area contributed by atoms with Gasteiger partial charge in [0.15, 0.2) is 0 Å². The quantitative estimate of drug-likeness (QED) is 0.544. The first-order chi connectivity index (χ1) is 8.88. The van der Waals surface area contributed by atoms with Crippen LogP contribution in [0, 0.1) is 0 Å². The largest absolute Gasteiger partial charge is 0.472 e. The molecule has 0 radical (unpaired) electrons. The number of rotatable bonds is 3. The lowest BCUT2D eigenvalue weighted by Gasteiger charge is -2.15. The summed E-state index contributed by atoms with van der Waals surface area (Å²) in [5.74, 6) is 5.63. The number of furan rings is 1. The predicted octanol–water partition coefficient (Wildman–Crippen LogP) is 2.38. The molecule has 3 rings (SSSR count). The minimum Gasteiger partial charge on any atom is -0.472 e. The van der Waals surface area contributed by atoms with Gasteiger partial charge in [-0.1, -0.05) is 12.1 Å². The van der Waals surface area contributed by atoms with Gasteiger partial charge in [-0.2, -0.15) is 0 Å². The predicted molar refractivity (Wildman–Crippen MR) is 69.6 cm³/mol. The van der Waals surface area contributed by atoms with E-state index in [1.54, 1.807) is 18.7 Å².